The molecule has 0 aliphatic heterocycles. The molecular formula is C26H35N3O7S. The van der Waals surface area contributed by atoms with E-state index in [2.05, 4.69) is 23.3 Å². The van der Waals surface area contributed by atoms with Gasteiger partial charge in [0.1, 0.15) is 29.2 Å². The van der Waals surface area contributed by atoms with E-state index >= 15 is 0 Å². The Hall–Kier alpha value is -3.44. The summed E-state index contributed by atoms with van der Waals surface area (Å²) >= 11 is 4.20. The number of hydrogen-bond acceptors (Lipinski definition) is 8. The normalized spacial score (nSPS) is 12.7. The lowest BCUT2D eigenvalue weighted by atomic mass is 9.99. The molecule has 3 amide bonds. The lowest BCUT2D eigenvalue weighted by molar-refractivity contribution is -0.140. The number of aromatic hydroxyl groups is 1. The smallest absolute Gasteiger partial charge is 0.408 e. The van der Waals surface area contributed by atoms with Crippen molar-refractivity contribution in [3.8, 4) is 11.5 Å². The van der Waals surface area contributed by atoms with E-state index in [0.717, 1.165) is 4.90 Å². The molecule has 11 heteroatoms. The molecular weight excluding hydrogens is 498 g/mol. The Morgan fingerprint density at radius 3 is 2.30 bits per heavy atom. The minimum atomic E-state index is -1.34. The number of aliphatic hydroxyl groups excluding tert-OH is 1. The number of amides is 3. The molecule has 10 nitrogen and oxygen atoms in total. The van der Waals surface area contributed by atoms with Crippen molar-refractivity contribution in [2.24, 2.45) is 0 Å². The predicted molar refractivity (Wildman–Crippen MR) is 143 cm³/mol. The van der Waals surface area contributed by atoms with E-state index in [9.17, 15) is 24.6 Å². The highest BCUT2D eigenvalue weighted by Crippen LogP contribution is 2.33. The van der Waals surface area contributed by atoms with Crippen molar-refractivity contribution in [1.82, 2.24) is 10.2 Å². The second kappa shape index (κ2) is 13.2. The predicted octanol–water partition coefficient (Wildman–Crippen LogP) is 3.03. The quantitative estimate of drug-likeness (QED) is 0.296. The van der Waals surface area contributed by atoms with Crippen LogP contribution < -0.4 is 15.4 Å². The number of carbonyl (C=O) groups excluding carboxylic acids is 3. The number of phenols is 1. The third-order valence-corrected chi connectivity index (χ3v) is 5.64. The minimum absolute atomic E-state index is 0.105. The van der Waals surface area contributed by atoms with Crippen molar-refractivity contribution in [2.45, 2.75) is 45.4 Å². The van der Waals surface area contributed by atoms with Crippen molar-refractivity contribution in [3.05, 3.63) is 53.6 Å². The highest BCUT2D eigenvalue weighted by atomic mass is 32.1. The van der Waals surface area contributed by atoms with Crippen molar-refractivity contribution in [1.29, 1.82) is 0 Å². The molecule has 0 spiro atoms. The van der Waals surface area contributed by atoms with Crippen molar-refractivity contribution in [2.75, 3.05) is 31.3 Å². The van der Waals surface area contributed by atoms with Crippen LogP contribution >= 0.6 is 12.6 Å². The number of aryl methyl sites for hydroxylation is 1. The van der Waals surface area contributed by atoms with E-state index in [4.69, 9.17) is 9.47 Å². The molecule has 0 fully saturated rings. The van der Waals surface area contributed by atoms with Gasteiger partial charge in [-0.3, -0.25) is 9.59 Å². The maximum Gasteiger partial charge on any atom is 0.408 e. The summed E-state index contributed by atoms with van der Waals surface area (Å²) in [4.78, 5) is 40.7. The van der Waals surface area contributed by atoms with Crippen molar-refractivity contribution < 1.29 is 34.1 Å². The third-order valence-electron chi connectivity index (χ3n) is 5.28. The van der Waals surface area contributed by atoms with Crippen LogP contribution in [-0.2, 0) is 14.3 Å². The number of ether oxygens (including phenoxy) is 2. The van der Waals surface area contributed by atoms with Crippen LogP contribution in [-0.4, -0.2) is 70.7 Å². The summed E-state index contributed by atoms with van der Waals surface area (Å²) in [5.41, 5.74) is 0.279. The van der Waals surface area contributed by atoms with Gasteiger partial charge in [-0.05, 0) is 57.5 Å². The van der Waals surface area contributed by atoms with E-state index in [1.165, 1.54) is 13.2 Å². The van der Waals surface area contributed by atoms with Gasteiger partial charge in [-0.2, -0.15) is 12.6 Å². The first-order chi connectivity index (χ1) is 17.4. The Kier molecular flexibility index (Phi) is 10.6. The molecule has 0 saturated carbocycles. The van der Waals surface area contributed by atoms with Gasteiger partial charge < -0.3 is 35.2 Å². The minimum Gasteiger partial charge on any atom is -0.507 e. The highest BCUT2D eigenvalue weighted by Gasteiger charge is 2.37. The molecule has 0 radical (unpaired) electrons. The van der Waals surface area contributed by atoms with Gasteiger partial charge in [-0.15, -0.1) is 0 Å². The largest absolute Gasteiger partial charge is 0.507 e. The summed E-state index contributed by atoms with van der Waals surface area (Å²) in [7, 11) is 1.52. The van der Waals surface area contributed by atoms with E-state index in [1.807, 2.05) is 0 Å². The SMILES string of the molecule is COc1ccc(NC(=O)C(c2cccc(C)c2O)N(CCO)C(=O)C(CS)NC(=O)OC(C)(C)C)cc1. The van der Waals surface area contributed by atoms with Crippen LogP contribution in [0.15, 0.2) is 42.5 Å². The van der Waals surface area contributed by atoms with E-state index in [1.54, 1.807) is 64.1 Å². The number of nitrogens with zero attached hydrogens (tertiary/aromatic N) is 1. The van der Waals surface area contributed by atoms with E-state index in [0.29, 0.717) is 17.0 Å². The molecule has 2 rings (SSSR count). The zero-order valence-corrected chi connectivity index (χ0v) is 22.5. The number of thiol groups is 1. The third kappa shape index (κ3) is 8.29. The molecule has 2 aromatic carbocycles. The van der Waals surface area contributed by atoms with Crippen LogP contribution in [0.1, 0.15) is 37.9 Å². The first-order valence-corrected chi connectivity index (χ1v) is 12.3. The van der Waals surface area contributed by atoms with Crippen LogP contribution in [0.2, 0.25) is 0 Å². The molecule has 2 aromatic rings. The number of methoxy groups -OCH3 is 1. The van der Waals surface area contributed by atoms with Crippen LogP contribution in [0, 0.1) is 6.92 Å². The fourth-order valence-electron chi connectivity index (χ4n) is 3.55. The molecule has 4 N–H and O–H groups in total. The molecule has 0 bridgehead atoms. The zero-order chi connectivity index (χ0) is 27.8. The Morgan fingerprint density at radius 2 is 1.76 bits per heavy atom. The average Bonchev–Trinajstić information content (AvgIpc) is 2.83. The molecule has 0 aliphatic carbocycles. The monoisotopic (exact) mass is 533 g/mol. The number of hydrogen-bond donors (Lipinski definition) is 5. The Balaban J connectivity index is 2.48. The van der Waals surface area contributed by atoms with Crippen LogP contribution in [0.5, 0.6) is 11.5 Å². The molecule has 37 heavy (non-hydrogen) atoms. The first-order valence-electron chi connectivity index (χ1n) is 11.7. The number of aliphatic hydroxyl groups is 1. The van der Waals surface area contributed by atoms with Gasteiger partial charge in [0.05, 0.1) is 13.7 Å². The number of carbonyl (C=O) groups is 3. The summed E-state index contributed by atoms with van der Waals surface area (Å²) in [5, 5.41) is 25.8. The van der Waals surface area contributed by atoms with Gasteiger partial charge in [-0.25, -0.2) is 4.79 Å². The standard InChI is InChI=1S/C26H35N3O7S/c1-16-7-6-8-19(22(16)31)21(23(32)27-17-9-11-18(35-5)12-10-17)29(13-14-30)24(33)20(15-37)28-25(34)36-26(2,3)4/h6-12,20-21,30-31,37H,13-15H2,1-5H3,(H,27,32)(H,28,34). The summed E-state index contributed by atoms with van der Waals surface area (Å²) in [6.45, 7) is 5.98. The molecule has 0 saturated heterocycles. The Labute approximate surface area is 222 Å². The lowest BCUT2D eigenvalue weighted by Gasteiger charge is -2.34. The van der Waals surface area contributed by atoms with Gasteiger partial charge in [0.15, 0.2) is 0 Å². The molecule has 0 heterocycles. The summed E-state index contributed by atoms with van der Waals surface area (Å²) in [5.74, 6) is -1.01. The second-order valence-electron chi connectivity index (χ2n) is 9.27. The fourth-order valence-corrected chi connectivity index (χ4v) is 3.80. The number of nitrogens with one attached hydrogen (secondary N) is 2. The van der Waals surface area contributed by atoms with Crippen LogP contribution in [0.3, 0.4) is 0 Å². The van der Waals surface area contributed by atoms with Gasteiger partial charge in [0.2, 0.25) is 5.91 Å². The highest BCUT2D eigenvalue weighted by molar-refractivity contribution is 7.80. The number of alkyl carbamates (subject to hydrolysis) is 1. The Morgan fingerprint density at radius 1 is 1.11 bits per heavy atom. The molecule has 202 valence electrons. The van der Waals surface area contributed by atoms with Crippen molar-refractivity contribution in [3.63, 3.8) is 0 Å². The van der Waals surface area contributed by atoms with Gasteiger partial charge in [-0.1, -0.05) is 18.2 Å². The zero-order valence-electron chi connectivity index (χ0n) is 21.6. The van der Waals surface area contributed by atoms with Gasteiger partial charge >= 0.3 is 6.09 Å². The average molecular weight is 534 g/mol. The molecule has 2 unspecified atom stereocenters. The summed E-state index contributed by atoms with van der Waals surface area (Å²) < 4.78 is 10.4. The molecule has 0 aromatic heterocycles. The van der Waals surface area contributed by atoms with Crippen LogP contribution in [0.25, 0.3) is 0 Å². The molecule has 2 atom stereocenters. The van der Waals surface area contributed by atoms with Gasteiger partial charge in [0, 0.05) is 23.5 Å². The van der Waals surface area contributed by atoms with Crippen LogP contribution in [0.4, 0.5) is 10.5 Å². The number of phenolic OH excluding ortho intramolecular Hbond substituents is 1. The molecule has 0 aliphatic rings. The number of para-hydroxylation sites is 1. The number of rotatable bonds is 10. The topological polar surface area (TPSA) is 137 Å². The lowest BCUT2D eigenvalue weighted by Crippen LogP contribution is -2.53. The van der Waals surface area contributed by atoms with E-state index < -0.39 is 42.2 Å². The van der Waals surface area contributed by atoms with E-state index in [-0.39, 0.29) is 23.6 Å². The summed E-state index contributed by atoms with van der Waals surface area (Å²) in [6, 6.07) is 8.89. The van der Waals surface area contributed by atoms with Crippen molar-refractivity contribution >= 4 is 36.2 Å². The van der Waals surface area contributed by atoms with Gasteiger partial charge in [0.25, 0.3) is 5.91 Å². The summed E-state index contributed by atoms with van der Waals surface area (Å²) in [6.07, 6.45) is -0.832. The fraction of sp³-hybridized carbons (Fsp3) is 0.423. The number of anilines is 1. The Bertz CT molecular complexity index is 1090. The second-order valence-corrected chi connectivity index (χ2v) is 9.63. The maximum absolute atomic E-state index is 13.6. The number of benzene rings is 2. The first kappa shape index (κ1) is 29.8. The maximum atomic E-state index is 13.6.